The van der Waals surface area contributed by atoms with Crippen molar-refractivity contribution < 1.29 is 9.59 Å². The van der Waals surface area contributed by atoms with Crippen molar-refractivity contribution in [2.75, 3.05) is 4.90 Å². The van der Waals surface area contributed by atoms with Crippen LogP contribution in [0, 0.1) is 0 Å². The largest absolute Gasteiger partial charge is 0.272 e. The summed E-state index contributed by atoms with van der Waals surface area (Å²) in [5, 5.41) is 1.92. The van der Waals surface area contributed by atoms with Gasteiger partial charge in [-0.15, -0.1) is 11.3 Å². The molecular weight excluding hydrogens is 374 g/mol. The Morgan fingerprint density at radius 3 is 2.26 bits per heavy atom. The van der Waals surface area contributed by atoms with Crippen LogP contribution in [0.15, 0.2) is 81.9 Å². The number of rotatable bonds is 5. The molecule has 1 aliphatic heterocycles. The zero-order valence-electron chi connectivity index (χ0n) is 14.7. The van der Waals surface area contributed by atoms with Crippen molar-refractivity contribution in [2.24, 2.45) is 0 Å². The van der Waals surface area contributed by atoms with Gasteiger partial charge in [-0.1, -0.05) is 55.1 Å². The second kappa shape index (κ2) is 7.55. The molecule has 0 bridgehead atoms. The van der Waals surface area contributed by atoms with Crippen LogP contribution in [0.2, 0.25) is 0 Å². The van der Waals surface area contributed by atoms with E-state index in [1.54, 1.807) is 0 Å². The summed E-state index contributed by atoms with van der Waals surface area (Å²) in [6, 6.07) is 21.1. The monoisotopic (exact) mass is 391 g/mol. The number of imide groups is 1. The molecule has 134 valence electrons. The maximum Gasteiger partial charge on any atom is 0.272 e. The second-order valence-electron chi connectivity index (χ2n) is 6.06. The number of hydrogen-bond acceptors (Lipinski definition) is 4. The van der Waals surface area contributed by atoms with Gasteiger partial charge in [-0.05, 0) is 47.7 Å². The lowest BCUT2D eigenvalue weighted by molar-refractivity contribution is -0.119. The zero-order valence-corrected chi connectivity index (χ0v) is 16.3. The van der Waals surface area contributed by atoms with E-state index in [0.29, 0.717) is 16.2 Å². The topological polar surface area (TPSA) is 37.4 Å². The minimum Gasteiger partial charge on any atom is -0.268 e. The van der Waals surface area contributed by atoms with Crippen molar-refractivity contribution in [3.63, 3.8) is 0 Å². The van der Waals surface area contributed by atoms with Gasteiger partial charge in [-0.2, -0.15) is 0 Å². The molecule has 2 amide bonds. The van der Waals surface area contributed by atoms with Crippen LogP contribution >= 0.6 is 23.1 Å². The Kier molecular flexibility index (Phi) is 4.97. The minimum absolute atomic E-state index is 0.259. The molecule has 0 N–H and O–H groups in total. The summed E-state index contributed by atoms with van der Waals surface area (Å²) in [6.07, 6.45) is 0.913. The summed E-state index contributed by atoms with van der Waals surface area (Å²) in [5.74, 6) is -0.522. The van der Waals surface area contributed by atoms with Crippen LogP contribution in [-0.4, -0.2) is 11.8 Å². The fourth-order valence-electron chi connectivity index (χ4n) is 2.96. The lowest BCUT2D eigenvalue weighted by Gasteiger charge is -2.15. The lowest BCUT2D eigenvalue weighted by Crippen LogP contribution is -2.31. The maximum atomic E-state index is 13.2. The fraction of sp³-hybridized carbons (Fsp3) is 0.0909. The molecule has 2 heterocycles. The summed E-state index contributed by atoms with van der Waals surface area (Å²) in [4.78, 5) is 29.9. The number of carbonyl (C=O) groups is 2. The molecule has 0 atom stereocenters. The van der Waals surface area contributed by atoms with Gasteiger partial charge in [0.2, 0.25) is 0 Å². The molecule has 4 rings (SSSR count). The van der Waals surface area contributed by atoms with E-state index in [1.807, 2.05) is 72.1 Å². The molecule has 1 aromatic heterocycles. The van der Waals surface area contributed by atoms with E-state index in [-0.39, 0.29) is 11.8 Å². The molecule has 0 saturated heterocycles. The van der Waals surface area contributed by atoms with Crippen LogP contribution in [0.4, 0.5) is 5.69 Å². The Morgan fingerprint density at radius 1 is 0.889 bits per heavy atom. The smallest absolute Gasteiger partial charge is 0.268 e. The highest BCUT2D eigenvalue weighted by Crippen LogP contribution is 2.42. The molecule has 0 radical (unpaired) electrons. The van der Waals surface area contributed by atoms with Crippen LogP contribution in [0.5, 0.6) is 0 Å². The third kappa shape index (κ3) is 3.36. The first kappa shape index (κ1) is 17.8. The van der Waals surface area contributed by atoms with Crippen molar-refractivity contribution in [3.8, 4) is 0 Å². The maximum absolute atomic E-state index is 13.2. The van der Waals surface area contributed by atoms with E-state index in [9.17, 15) is 9.59 Å². The SMILES string of the molecule is CCc1ccc(N2C(=O)C(Sc3ccccc3)=C(c3cccs3)C2=O)cc1. The highest BCUT2D eigenvalue weighted by atomic mass is 32.2. The fourth-order valence-corrected chi connectivity index (χ4v) is 4.80. The van der Waals surface area contributed by atoms with Crippen LogP contribution in [0.25, 0.3) is 5.57 Å². The molecule has 0 fully saturated rings. The first-order valence-electron chi connectivity index (χ1n) is 8.68. The molecule has 0 spiro atoms. The summed E-state index contributed by atoms with van der Waals surface area (Å²) >= 11 is 2.82. The summed E-state index contributed by atoms with van der Waals surface area (Å²) in [5.41, 5.74) is 2.27. The van der Waals surface area contributed by atoms with Gasteiger partial charge in [-0.25, -0.2) is 4.90 Å². The summed E-state index contributed by atoms with van der Waals surface area (Å²) < 4.78 is 0. The minimum atomic E-state index is -0.262. The molecule has 5 heteroatoms. The first-order chi connectivity index (χ1) is 13.2. The number of anilines is 1. The highest BCUT2D eigenvalue weighted by molar-refractivity contribution is 8.04. The standard InChI is InChI=1S/C22H17NO2S2/c1-2-15-10-12-16(13-11-15)23-21(24)19(18-9-6-14-26-18)20(22(23)25)27-17-7-4-3-5-8-17/h3-14H,2H2,1H3. The average molecular weight is 392 g/mol. The Morgan fingerprint density at radius 2 is 1.63 bits per heavy atom. The van der Waals surface area contributed by atoms with Gasteiger partial charge >= 0.3 is 0 Å². The number of carbonyl (C=O) groups excluding carboxylic acids is 2. The van der Waals surface area contributed by atoms with E-state index in [2.05, 4.69) is 6.92 Å². The normalized spacial score (nSPS) is 14.3. The van der Waals surface area contributed by atoms with Gasteiger partial charge in [0.15, 0.2) is 0 Å². The Balaban J connectivity index is 1.76. The van der Waals surface area contributed by atoms with Crippen molar-refractivity contribution in [1.82, 2.24) is 0 Å². The number of thioether (sulfide) groups is 1. The molecular formula is C22H17NO2S2. The van der Waals surface area contributed by atoms with E-state index >= 15 is 0 Å². The number of thiophene rings is 1. The van der Waals surface area contributed by atoms with Crippen molar-refractivity contribution in [2.45, 2.75) is 18.2 Å². The number of benzene rings is 2. The predicted molar refractivity (Wildman–Crippen MR) is 112 cm³/mol. The predicted octanol–water partition coefficient (Wildman–Crippen LogP) is 5.39. The molecule has 2 aromatic carbocycles. The van der Waals surface area contributed by atoms with Gasteiger partial charge in [0.25, 0.3) is 11.8 Å². The molecule has 0 unspecified atom stereocenters. The molecule has 27 heavy (non-hydrogen) atoms. The third-order valence-corrected chi connectivity index (χ3v) is 6.35. The summed E-state index contributed by atoms with van der Waals surface area (Å²) in [6.45, 7) is 2.08. The Labute approximate surface area is 166 Å². The third-order valence-electron chi connectivity index (χ3n) is 4.37. The second-order valence-corrected chi connectivity index (χ2v) is 8.09. The van der Waals surface area contributed by atoms with Crippen molar-refractivity contribution in [1.29, 1.82) is 0 Å². The lowest BCUT2D eigenvalue weighted by atomic mass is 10.1. The quantitative estimate of drug-likeness (QED) is 0.548. The Bertz CT molecular complexity index is 1010. The van der Waals surface area contributed by atoms with Crippen LogP contribution < -0.4 is 4.90 Å². The van der Waals surface area contributed by atoms with Crippen molar-refractivity contribution in [3.05, 3.63) is 87.5 Å². The van der Waals surface area contributed by atoms with Gasteiger partial charge < -0.3 is 0 Å². The van der Waals surface area contributed by atoms with Crippen molar-refractivity contribution >= 4 is 46.2 Å². The molecule has 0 saturated carbocycles. The zero-order chi connectivity index (χ0) is 18.8. The summed E-state index contributed by atoms with van der Waals surface area (Å²) in [7, 11) is 0. The Hall–Kier alpha value is -2.63. The van der Waals surface area contributed by atoms with E-state index in [0.717, 1.165) is 16.2 Å². The average Bonchev–Trinajstić information content (AvgIpc) is 3.30. The van der Waals surface area contributed by atoms with Crippen LogP contribution in [0.1, 0.15) is 17.4 Å². The highest BCUT2D eigenvalue weighted by Gasteiger charge is 2.40. The molecule has 3 nitrogen and oxygen atoms in total. The van der Waals surface area contributed by atoms with Gasteiger partial charge in [-0.3, -0.25) is 9.59 Å². The number of hydrogen-bond donors (Lipinski definition) is 0. The van der Waals surface area contributed by atoms with Gasteiger partial charge in [0.1, 0.15) is 0 Å². The van der Waals surface area contributed by atoms with E-state index in [4.69, 9.17) is 0 Å². The number of amides is 2. The van der Waals surface area contributed by atoms with E-state index < -0.39 is 0 Å². The van der Waals surface area contributed by atoms with E-state index in [1.165, 1.54) is 33.6 Å². The molecule has 0 aliphatic carbocycles. The van der Waals surface area contributed by atoms with Gasteiger partial charge in [0.05, 0.1) is 16.2 Å². The molecule has 1 aliphatic rings. The number of aryl methyl sites for hydroxylation is 1. The van der Waals surface area contributed by atoms with Gasteiger partial charge in [0, 0.05) is 9.77 Å². The van der Waals surface area contributed by atoms with Crippen LogP contribution in [0.3, 0.4) is 0 Å². The number of nitrogens with zero attached hydrogens (tertiary/aromatic N) is 1. The molecule has 3 aromatic rings. The van der Waals surface area contributed by atoms with Crippen LogP contribution in [-0.2, 0) is 16.0 Å². The first-order valence-corrected chi connectivity index (χ1v) is 10.4.